The van der Waals surface area contributed by atoms with Crippen LogP contribution in [0.4, 0.5) is 0 Å². The molecular weight excluding hydrogens is 400 g/mol. The van der Waals surface area contributed by atoms with Gasteiger partial charge >= 0.3 is 5.97 Å². The topological polar surface area (TPSA) is 55.8 Å². The molecular formula is C28H28O4. The van der Waals surface area contributed by atoms with Crippen LogP contribution >= 0.6 is 0 Å². The van der Waals surface area contributed by atoms with E-state index in [1.165, 1.54) is 34.9 Å². The zero-order chi connectivity index (χ0) is 22.5. The minimum absolute atomic E-state index is 0.000146. The van der Waals surface area contributed by atoms with Gasteiger partial charge in [0.2, 0.25) is 0 Å². The summed E-state index contributed by atoms with van der Waals surface area (Å²) in [6.45, 7) is -0.000146. The highest BCUT2D eigenvalue weighted by Gasteiger charge is 2.18. The van der Waals surface area contributed by atoms with Gasteiger partial charge in [0.05, 0.1) is 26.4 Å². The van der Waals surface area contributed by atoms with Crippen molar-refractivity contribution in [3.63, 3.8) is 0 Å². The van der Waals surface area contributed by atoms with Gasteiger partial charge in [0.25, 0.3) is 0 Å². The van der Waals surface area contributed by atoms with Crippen molar-refractivity contribution < 1.29 is 19.4 Å². The minimum atomic E-state index is -0.311. The van der Waals surface area contributed by atoms with Crippen LogP contribution in [0.3, 0.4) is 0 Å². The average molecular weight is 429 g/mol. The van der Waals surface area contributed by atoms with E-state index in [4.69, 9.17) is 9.47 Å². The first-order chi connectivity index (χ1) is 15.6. The van der Waals surface area contributed by atoms with Crippen LogP contribution in [-0.2, 0) is 37.0 Å². The van der Waals surface area contributed by atoms with E-state index in [1.54, 1.807) is 7.11 Å². The lowest BCUT2D eigenvalue weighted by atomic mass is 9.91. The van der Waals surface area contributed by atoms with Gasteiger partial charge in [-0.3, -0.25) is 0 Å². The van der Waals surface area contributed by atoms with Crippen LogP contribution in [0, 0.1) is 0 Å². The zero-order valence-electron chi connectivity index (χ0n) is 18.6. The summed E-state index contributed by atoms with van der Waals surface area (Å²) >= 11 is 0. The Morgan fingerprint density at radius 3 is 2.44 bits per heavy atom. The largest absolute Gasteiger partial charge is 0.497 e. The molecule has 0 heterocycles. The third-order valence-electron chi connectivity index (χ3n) is 6.02. The summed E-state index contributed by atoms with van der Waals surface area (Å²) in [5.74, 6) is 0.461. The van der Waals surface area contributed by atoms with Crippen molar-refractivity contribution in [1.82, 2.24) is 0 Å². The highest BCUT2D eigenvalue weighted by atomic mass is 16.5. The molecule has 0 atom stereocenters. The van der Waals surface area contributed by atoms with Crippen LogP contribution in [0.15, 0.2) is 66.7 Å². The van der Waals surface area contributed by atoms with Crippen LogP contribution in [0.1, 0.15) is 43.7 Å². The number of ether oxygens (including phenoxy) is 2. The number of carbonyl (C=O) groups excluding carboxylic acids is 1. The Balaban J connectivity index is 1.52. The number of hydrogen-bond acceptors (Lipinski definition) is 4. The molecule has 0 spiro atoms. The van der Waals surface area contributed by atoms with Crippen LogP contribution < -0.4 is 4.74 Å². The number of hydrogen-bond donors (Lipinski definition) is 1. The van der Waals surface area contributed by atoms with E-state index >= 15 is 0 Å². The summed E-state index contributed by atoms with van der Waals surface area (Å²) in [5, 5.41) is 9.59. The Morgan fingerprint density at radius 2 is 1.72 bits per heavy atom. The number of carbonyl (C=O) groups is 1. The molecule has 4 heteroatoms. The van der Waals surface area contributed by atoms with E-state index in [0.29, 0.717) is 5.56 Å². The third-order valence-corrected chi connectivity index (χ3v) is 6.02. The summed E-state index contributed by atoms with van der Waals surface area (Å²) in [5.41, 5.74) is 9.16. The number of aliphatic hydroxyl groups excluding tert-OH is 1. The number of allylic oxidation sites excluding steroid dienone is 2. The molecule has 3 aromatic carbocycles. The fourth-order valence-electron chi connectivity index (χ4n) is 4.40. The van der Waals surface area contributed by atoms with Crippen molar-refractivity contribution in [2.24, 2.45) is 0 Å². The van der Waals surface area contributed by atoms with Gasteiger partial charge < -0.3 is 14.6 Å². The van der Waals surface area contributed by atoms with Crippen LogP contribution in [-0.4, -0.2) is 25.3 Å². The highest BCUT2D eigenvalue weighted by molar-refractivity contribution is 5.89. The molecule has 0 bridgehead atoms. The Bertz CT molecular complexity index is 1120. The highest BCUT2D eigenvalue weighted by Crippen LogP contribution is 2.34. The van der Waals surface area contributed by atoms with E-state index in [0.717, 1.165) is 42.6 Å². The summed E-state index contributed by atoms with van der Waals surface area (Å²) in [6.07, 6.45) is 5.90. The number of aliphatic hydroxyl groups is 1. The summed E-state index contributed by atoms with van der Waals surface area (Å²) in [6, 6.07) is 20.2. The lowest BCUT2D eigenvalue weighted by molar-refractivity contribution is 0.0600. The van der Waals surface area contributed by atoms with E-state index in [-0.39, 0.29) is 12.6 Å². The molecule has 0 saturated carbocycles. The molecule has 4 nitrogen and oxygen atoms in total. The maximum atomic E-state index is 11.6. The SMILES string of the molecule is COC(=O)c1ccc(CCc2cccc3c2C(Cc2cc(CO)cc(OC)c2)=CC3)cc1. The van der Waals surface area contributed by atoms with Gasteiger partial charge in [0.1, 0.15) is 5.75 Å². The maximum absolute atomic E-state index is 11.6. The molecule has 0 saturated heterocycles. The number of fused-ring (bicyclic) bond motifs is 1. The molecule has 4 rings (SSSR count). The predicted molar refractivity (Wildman–Crippen MR) is 126 cm³/mol. The molecule has 0 fully saturated rings. The van der Waals surface area contributed by atoms with Gasteiger partial charge in [-0.1, -0.05) is 42.5 Å². The van der Waals surface area contributed by atoms with Crippen molar-refractivity contribution in [2.75, 3.05) is 14.2 Å². The number of methoxy groups -OCH3 is 2. The number of benzene rings is 3. The van der Waals surface area contributed by atoms with Crippen molar-refractivity contribution in [1.29, 1.82) is 0 Å². The van der Waals surface area contributed by atoms with Crippen molar-refractivity contribution in [3.05, 3.63) is 106 Å². The lowest BCUT2D eigenvalue weighted by Gasteiger charge is -2.14. The standard InChI is InChI=1S/C28H28O4/c1-31-26-16-20(14-21(17-26)18-29)15-25-13-12-23-5-3-4-22(27(23)25)9-6-19-7-10-24(11-8-19)28(30)32-2/h3-5,7-8,10-11,13-14,16-17,29H,6,9,12,15,18H2,1-2H3. The van der Waals surface area contributed by atoms with Gasteiger partial charge in [-0.25, -0.2) is 4.79 Å². The maximum Gasteiger partial charge on any atom is 0.337 e. The van der Waals surface area contributed by atoms with Crippen molar-refractivity contribution in [2.45, 2.75) is 32.3 Å². The van der Waals surface area contributed by atoms with Crippen LogP contribution in [0.5, 0.6) is 5.75 Å². The van der Waals surface area contributed by atoms with Gasteiger partial charge in [-0.2, -0.15) is 0 Å². The average Bonchev–Trinajstić information content (AvgIpc) is 3.25. The Kier molecular flexibility index (Phi) is 6.72. The molecule has 1 N–H and O–H groups in total. The van der Waals surface area contributed by atoms with E-state index < -0.39 is 0 Å². The Labute approximate surface area is 189 Å². The number of rotatable bonds is 8. The zero-order valence-corrected chi connectivity index (χ0v) is 18.6. The molecule has 0 radical (unpaired) electrons. The van der Waals surface area contributed by atoms with Crippen molar-refractivity contribution >= 4 is 11.5 Å². The summed E-state index contributed by atoms with van der Waals surface area (Å²) in [4.78, 5) is 11.6. The molecule has 0 aromatic heterocycles. The predicted octanol–water partition coefficient (Wildman–Crippen LogP) is 4.94. The minimum Gasteiger partial charge on any atom is -0.497 e. The molecule has 0 aliphatic heterocycles. The molecule has 1 aliphatic carbocycles. The van der Waals surface area contributed by atoms with Crippen LogP contribution in [0.2, 0.25) is 0 Å². The summed E-state index contributed by atoms with van der Waals surface area (Å²) < 4.78 is 10.2. The molecule has 0 amide bonds. The Hall–Kier alpha value is -3.37. The van der Waals surface area contributed by atoms with Gasteiger partial charge in [-0.15, -0.1) is 0 Å². The second-order valence-electron chi connectivity index (χ2n) is 8.10. The third kappa shape index (κ3) is 4.76. The lowest BCUT2D eigenvalue weighted by Crippen LogP contribution is -2.02. The first-order valence-electron chi connectivity index (χ1n) is 10.9. The first kappa shape index (κ1) is 21.8. The fourth-order valence-corrected chi connectivity index (χ4v) is 4.40. The quantitative estimate of drug-likeness (QED) is 0.516. The second kappa shape index (κ2) is 9.84. The number of aryl methyl sites for hydroxylation is 2. The smallest absolute Gasteiger partial charge is 0.337 e. The second-order valence-corrected chi connectivity index (χ2v) is 8.10. The van der Waals surface area contributed by atoms with Gasteiger partial charge in [0, 0.05) is 0 Å². The summed E-state index contributed by atoms with van der Waals surface area (Å²) in [7, 11) is 3.05. The van der Waals surface area contributed by atoms with Gasteiger partial charge in [0.15, 0.2) is 0 Å². The monoisotopic (exact) mass is 428 g/mol. The van der Waals surface area contributed by atoms with E-state index in [2.05, 4.69) is 24.3 Å². The van der Waals surface area contributed by atoms with Crippen LogP contribution in [0.25, 0.3) is 5.57 Å². The van der Waals surface area contributed by atoms with E-state index in [9.17, 15) is 9.90 Å². The van der Waals surface area contributed by atoms with Crippen molar-refractivity contribution in [3.8, 4) is 5.75 Å². The molecule has 164 valence electrons. The van der Waals surface area contributed by atoms with E-state index in [1.807, 2.05) is 42.5 Å². The molecule has 32 heavy (non-hydrogen) atoms. The molecule has 0 unspecified atom stereocenters. The normalized spacial score (nSPS) is 12.3. The molecule has 1 aliphatic rings. The van der Waals surface area contributed by atoms with Gasteiger partial charge in [-0.05, 0) is 88.9 Å². The number of esters is 1. The molecule has 3 aromatic rings. The first-order valence-corrected chi connectivity index (χ1v) is 10.9. The fraction of sp³-hybridized carbons (Fsp3) is 0.250. The Morgan fingerprint density at radius 1 is 0.938 bits per heavy atom.